The quantitative estimate of drug-likeness (QED) is 0.855. The van der Waals surface area contributed by atoms with E-state index in [-0.39, 0.29) is 35.7 Å². The molecule has 5 heteroatoms. The molecular weight excluding hydrogens is 354 g/mol. The van der Waals surface area contributed by atoms with E-state index in [1.165, 1.54) is 12.7 Å². The number of rotatable bonds is 3. The first-order valence-electron chi connectivity index (χ1n) is 9.46. The van der Waals surface area contributed by atoms with Crippen LogP contribution < -0.4 is 10.1 Å². The third-order valence-electron chi connectivity index (χ3n) is 5.69. The van der Waals surface area contributed by atoms with Crippen molar-refractivity contribution in [2.45, 2.75) is 38.0 Å². The largest absolute Gasteiger partial charge is 0.504 e. The number of carbonyl (C=O) groups excluding carboxylic acids is 2. The van der Waals surface area contributed by atoms with Gasteiger partial charge in [0, 0.05) is 30.0 Å². The molecular formula is C23H23NO4. The smallest absolute Gasteiger partial charge is 0.225 e. The van der Waals surface area contributed by atoms with Crippen LogP contribution in [-0.2, 0) is 9.59 Å². The van der Waals surface area contributed by atoms with Gasteiger partial charge in [-0.1, -0.05) is 35.9 Å². The first-order valence-corrected chi connectivity index (χ1v) is 9.46. The van der Waals surface area contributed by atoms with Crippen LogP contribution in [0.25, 0.3) is 0 Å². The van der Waals surface area contributed by atoms with Crippen LogP contribution in [0.3, 0.4) is 0 Å². The maximum atomic E-state index is 13.1. The van der Waals surface area contributed by atoms with Crippen molar-refractivity contribution in [2.24, 2.45) is 0 Å². The molecule has 0 saturated carbocycles. The highest BCUT2D eigenvalue weighted by molar-refractivity contribution is 6.02. The van der Waals surface area contributed by atoms with Crippen LogP contribution >= 0.6 is 0 Å². The molecule has 0 bridgehead atoms. The van der Waals surface area contributed by atoms with Crippen LogP contribution in [0.5, 0.6) is 11.5 Å². The van der Waals surface area contributed by atoms with E-state index in [0.717, 1.165) is 16.8 Å². The number of Topliss-reactive ketones (excluding diaryl/α,β-unsaturated/α-hetero) is 1. The van der Waals surface area contributed by atoms with Gasteiger partial charge in [0.2, 0.25) is 5.91 Å². The van der Waals surface area contributed by atoms with Crippen LogP contribution in [0.2, 0.25) is 0 Å². The maximum absolute atomic E-state index is 13.1. The molecule has 0 spiro atoms. The minimum atomic E-state index is -0.315. The van der Waals surface area contributed by atoms with E-state index in [9.17, 15) is 14.7 Å². The number of methoxy groups -OCH3 is 1. The molecule has 2 aliphatic rings. The molecule has 0 fully saturated rings. The number of phenolic OH excluding ortho intramolecular Hbond substituents is 1. The van der Waals surface area contributed by atoms with Gasteiger partial charge in [0.05, 0.1) is 7.11 Å². The molecule has 0 saturated heterocycles. The summed E-state index contributed by atoms with van der Waals surface area (Å²) >= 11 is 0. The number of carbonyl (C=O) groups is 2. The maximum Gasteiger partial charge on any atom is 0.225 e. The molecule has 1 heterocycles. The SMILES string of the molecule is COc1cc(C2CC(=O)NC3=C2C(=O)CC(c2ccc(C)cc2)C3)ccc1O. The monoisotopic (exact) mass is 377 g/mol. The zero-order valence-electron chi connectivity index (χ0n) is 16.0. The van der Waals surface area contributed by atoms with Crippen LogP contribution in [0.1, 0.15) is 47.8 Å². The minimum Gasteiger partial charge on any atom is -0.504 e. The summed E-state index contributed by atoms with van der Waals surface area (Å²) in [5.74, 6) is 0.114. The Hall–Kier alpha value is -3.08. The van der Waals surface area contributed by atoms with Crippen molar-refractivity contribution < 1.29 is 19.4 Å². The molecule has 2 unspecified atom stereocenters. The summed E-state index contributed by atoms with van der Waals surface area (Å²) < 4.78 is 5.20. The van der Waals surface area contributed by atoms with E-state index in [0.29, 0.717) is 24.2 Å². The summed E-state index contributed by atoms with van der Waals surface area (Å²) in [6.07, 6.45) is 1.29. The number of hydrogen-bond donors (Lipinski definition) is 2. The van der Waals surface area contributed by atoms with E-state index < -0.39 is 0 Å². The van der Waals surface area contributed by atoms with Gasteiger partial charge in [-0.3, -0.25) is 9.59 Å². The first kappa shape index (κ1) is 18.3. The molecule has 1 aliphatic heterocycles. The van der Waals surface area contributed by atoms with Crippen molar-refractivity contribution in [3.63, 3.8) is 0 Å². The van der Waals surface area contributed by atoms with E-state index in [1.807, 2.05) is 6.92 Å². The van der Waals surface area contributed by atoms with E-state index in [2.05, 4.69) is 29.6 Å². The van der Waals surface area contributed by atoms with Gasteiger partial charge in [0.15, 0.2) is 17.3 Å². The third-order valence-corrected chi connectivity index (χ3v) is 5.69. The summed E-state index contributed by atoms with van der Waals surface area (Å²) in [5, 5.41) is 12.8. The predicted molar refractivity (Wildman–Crippen MR) is 105 cm³/mol. The Labute approximate surface area is 164 Å². The highest BCUT2D eigenvalue weighted by atomic mass is 16.5. The Morgan fingerprint density at radius 3 is 2.43 bits per heavy atom. The Bertz CT molecular complexity index is 975. The average molecular weight is 377 g/mol. The Morgan fingerprint density at radius 1 is 1.00 bits per heavy atom. The summed E-state index contributed by atoms with van der Waals surface area (Å²) in [7, 11) is 1.48. The number of ether oxygens (including phenoxy) is 1. The number of phenols is 1. The molecule has 144 valence electrons. The summed E-state index contributed by atoms with van der Waals surface area (Å²) in [6.45, 7) is 2.04. The fraction of sp³-hybridized carbons (Fsp3) is 0.304. The lowest BCUT2D eigenvalue weighted by Crippen LogP contribution is -2.38. The zero-order valence-corrected chi connectivity index (χ0v) is 16.0. The zero-order chi connectivity index (χ0) is 19.8. The van der Waals surface area contributed by atoms with Crippen molar-refractivity contribution in [3.8, 4) is 11.5 Å². The van der Waals surface area contributed by atoms with Crippen LogP contribution in [-0.4, -0.2) is 23.9 Å². The fourth-order valence-corrected chi connectivity index (χ4v) is 4.23. The molecule has 2 N–H and O–H groups in total. The topological polar surface area (TPSA) is 75.6 Å². The average Bonchev–Trinajstić information content (AvgIpc) is 2.68. The second-order valence-electron chi connectivity index (χ2n) is 7.57. The van der Waals surface area contributed by atoms with Crippen LogP contribution in [0, 0.1) is 6.92 Å². The van der Waals surface area contributed by atoms with Crippen molar-refractivity contribution in [3.05, 3.63) is 70.4 Å². The van der Waals surface area contributed by atoms with E-state index in [1.54, 1.807) is 18.2 Å². The normalized spacial score (nSPS) is 21.9. The molecule has 2 aromatic carbocycles. The molecule has 5 nitrogen and oxygen atoms in total. The lowest BCUT2D eigenvalue weighted by Gasteiger charge is -2.34. The van der Waals surface area contributed by atoms with Gasteiger partial charge in [0.25, 0.3) is 0 Å². The first-order chi connectivity index (χ1) is 13.5. The highest BCUT2D eigenvalue weighted by Crippen LogP contribution is 2.43. The van der Waals surface area contributed by atoms with Crippen molar-refractivity contribution in [1.82, 2.24) is 5.32 Å². The molecule has 1 amide bonds. The van der Waals surface area contributed by atoms with Gasteiger partial charge in [-0.05, 0) is 42.5 Å². The lowest BCUT2D eigenvalue weighted by atomic mass is 9.73. The number of aromatic hydroxyl groups is 1. The second-order valence-corrected chi connectivity index (χ2v) is 7.57. The molecule has 4 rings (SSSR count). The van der Waals surface area contributed by atoms with Crippen molar-refractivity contribution in [1.29, 1.82) is 0 Å². The molecule has 0 radical (unpaired) electrons. The lowest BCUT2D eigenvalue weighted by molar-refractivity contribution is -0.122. The van der Waals surface area contributed by atoms with Gasteiger partial charge in [-0.2, -0.15) is 0 Å². The van der Waals surface area contributed by atoms with Gasteiger partial charge < -0.3 is 15.2 Å². The molecule has 2 aromatic rings. The number of amides is 1. The molecule has 28 heavy (non-hydrogen) atoms. The number of aryl methyl sites for hydroxylation is 1. The van der Waals surface area contributed by atoms with Crippen LogP contribution in [0.15, 0.2) is 53.7 Å². The summed E-state index contributed by atoms with van der Waals surface area (Å²) in [6, 6.07) is 13.2. The molecule has 1 aliphatic carbocycles. The van der Waals surface area contributed by atoms with Crippen molar-refractivity contribution >= 4 is 11.7 Å². The summed E-state index contributed by atoms with van der Waals surface area (Å²) in [5.41, 5.74) is 4.52. The standard InChI is InChI=1S/C23H23NO4/c1-13-3-5-14(6-4-13)16-9-18-23(20(26)10-16)17(12-22(27)24-18)15-7-8-19(25)21(11-15)28-2/h3-8,11,16-17,25H,9-10,12H2,1-2H3,(H,24,27). The Morgan fingerprint density at radius 2 is 1.71 bits per heavy atom. The third kappa shape index (κ3) is 3.28. The summed E-state index contributed by atoms with van der Waals surface area (Å²) in [4.78, 5) is 25.5. The Balaban J connectivity index is 1.71. The number of benzene rings is 2. The Kier molecular flexibility index (Phi) is 4.67. The van der Waals surface area contributed by atoms with E-state index in [4.69, 9.17) is 4.74 Å². The second kappa shape index (κ2) is 7.15. The highest BCUT2D eigenvalue weighted by Gasteiger charge is 2.38. The molecule has 0 aromatic heterocycles. The van der Waals surface area contributed by atoms with Crippen LogP contribution in [0.4, 0.5) is 0 Å². The van der Waals surface area contributed by atoms with Gasteiger partial charge in [-0.15, -0.1) is 0 Å². The van der Waals surface area contributed by atoms with Gasteiger partial charge in [-0.25, -0.2) is 0 Å². The molecule has 2 atom stereocenters. The van der Waals surface area contributed by atoms with Gasteiger partial charge in [0.1, 0.15) is 0 Å². The number of ketones is 1. The van der Waals surface area contributed by atoms with E-state index >= 15 is 0 Å². The minimum absolute atomic E-state index is 0.0371. The predicted octanol–water partition coefficient (Wildman–Crippen LogP) is 3.71. The van der Waals surface area contributed by atoms with Crippen molar-refractivity contribution in [2.75, 3.05) is 7.11 Å². The number of nitrogens with one attached hydrogen (secondary N) is 1. The number of hydrogen-bond acceptors (Lipinski definition) is 4. The fourth-order valence-electron chi connectivity index (χ4n) is 4.23. The number of allylic oxidation sites excluding steroid dienone is 2. The van der Waals surface area contributed by atoms with Gasteiger partial charge >= 0.3 is 0 Å².